The molecular weight excluding hydrogens is 1590 g/mol. The van der Waals surface area contributed by atoms with E-state index in [1.807, 2.05) is 0 Å². The van der Waals surface area contributed by atoms with E-state index in [1.165, 1.54) is 27.7 Å². The molecule has 2 rings (SSSR count). The number of hydrogen-bond acceptors (Lipinski definition) is 31. The Morgan fingerprint density at radius 3 is 1.14 bits per heavy atom. The third kappa shape index (κ3) is 50.1. The summed E-state index contributed by atoms with van der Waals surface area (Å²) in [6.07, 6.45) is -8.14. The zero-order chi connectivity index (χ0) is 87.7. The van der Waals surface area contributed by atoms with E-state index in [9.17, 15) is 108 Å². The normalized spacial score (nSPS) is 21.2. The zero-order valence-corrected chi connectivity index (χ0v) is 69.8. The summed E-state index contributed by atoms with van der Waals surface area (Å²) in [6.45, 7) is 4.13. The molecule has 2 saturated heterocycles. The Bertz CT molecular complexity index is 2830. The molecule has 21 N–H and O–H groups in total. The highest BCUT2D eigenvalue weighted by molar-refractivity contribution is 7.51. The van der Waals surface area contributed by atoms with Crippen molar-refractivity contribution in [2.75, 3.05) is 145 Å². The maximum atomic E-state index is 13.9. The molecule has 2 heterocycles. The van der Waals surface area contributed by atoms with Crippen LogP contribution in [0.4, 0.5) is 0 Å². The van der Waals surface area contributed by atoms with Gasteiger partial charge in [-0.05, 0) is 84.0 Å². The van der Waals surface area contributed by atoms with Crippen molar-refractivity contribution >= 4 is 72.6 Å². The molecular formula is C74H136N11O32P. The molecule has 2 aliphatic heterocycles. The number of carbonyl (C=O) groups excluding carboxylic acids is 11. The van der Waals surface area contributed by atoms with Gasteiger partial charge in [-0.1, -0.05) is 12.8 Å². The van der Waals surface area contributed by atoms with Crippen LogP contribution in [0.1, 0.15) is 169 Å². The van der Waals surface area contributed by atoms with Gasteiger partial charge in [-0.15, -0.1) is 0 Å². The third-order valence-corrected chi connectivity index (χ3v) is 18.8. The van der Waals surface area contributed by atoms with Crippen molar-refractivity contribution in [2.24, 2.45) is 0 Å². The average molecular weight is 1720 g/mol. The van der Waals surface area contributed by atoms with Crippen molar-refractivity contribution in [3.63, 3.8) is 0 Å². The minimum Gasteiger partial charge on any atom is -0.394 e. The van der Waals surface area contributed by atoms with Crippen molar-refractivity contribution in [2.45, 2.75) is 260 Å². The van der Waals surface area contributed by atoms with Crippen LogP contribution >= 0.6 is 7.60 Å². The van der Waals surface area contributed by atoms with Crippen molar-refractivity contribution < 1.29 is 155 Å². The molecule has 15 atom stereocenters. The maximum Gasteiger partial charge on any atom is 0.325 e. The highest BCUT2D eigenvalue weighted by Gasteiger charge is 2.47. The summed E-state index contributed by atoms with van der Waals surface area (Å²) in [5, 5.41) is 120. The number of nitrogens with one attached hydrogen (secondary N) is 11. The molecule has 44 heteroatoms. The van der Waals surface area contributed by atoms with Crippen molar-refractivity contribution in [3.05, 3.63) is 0 Å². The fourth-order valence-corrected chi connectivity index (χ4v) is 12.2. The van der Waals surface area contributed by atoms with E-state index in [0.29, 0.717) is 83.6 Å². The van der Waals surface area contributed by atoms with Crippen LogP contribution in [0.25, 0.3) is 0 Å². The lowest BCUT2D eigenvalue weighted by atomic mass is 9.97. The highest BCUT2D eigenvalue weighted by Crippen LogP contribution is 2.36. The Balaban J connectivity index is 2.09. The summed E-state index contributed by atoms with van der Waals surface area (Å²) in [6, 6.07) is -3.22. The fraction of sp³-hybridized carbons (Fsp3) is 0.851. The minimum absolute atomic E-state index is 0.0191. The molecule has 0 aliphatic carbocycles. The smallest absolute Gasteiger partial charge is 0.325 e. The van der Waals surface area contributed by atoms with Gasteiger partial charge >= 0.3 is 7.60 Å². The number of amides is 11. The van der Waals surface area contributed by atoms with Gasteiger partial charge < -0.3 is 156 Å². The topological polar surface area (TPSA) is 632 Å². The Kier molecular flexibility index (Phi) is 58.0. The molecule has 684 valence electrons. The first-order valence-electron chi connectivity index (χ1n) is 40.6. The largest absolute Gasteiger partial charge is 0.394 e. The first kappa shape index (κ1) is 108. The predicted octanol–water partition coefficient (Wildman–Crippen LogP) is -5.36. The summed E-state index contributed by atoms with van der Waals surface area (Å²) in [5.41, 5.74) is -1.53. The first-order chi connectivity index (χ1) is 56.3. The molecule has 0 bridgehead atoms. The van der Waals surface area contributed by atoms with Gasteiger partial charge in [-0.2, -0.15) is 0 Å². The first-order valence-corrected chi connectivity index (χ1v) is 42.6. The molecule has 118 heavy (non-hydrogen) atoms. The standard InChI is InChI=1S/C74H136N11O32P/c1-49(90)54(43-87)115-71(53(42-86)82-50(2)91)111-35-13-8-20-57(94)76-29-17-32-79-61(98)25-39-108-46-74(85-64(101)24-16-23-60(97)75-28-11-6-7-12-38-114-118(5,106)107,47-109-40-26-62(99)80-33-18-30-77-58(95)21-9-14-36-112-72-65(83-51(3)92)69(104)67(102)55(44-88)116-72)48-110-41-27-63(100)81-34-19-31-78-59(96)22-10-15-37-113-73-66(84-52(4)93)70(105)68(103)56(45-89)117-73/h49,53-56,65-73,86-90,102-105H,6-48H2,1-5H3,(H,75,97)(H,76,94)(H,77,95)(H,78,96)(H,79,98)(H,80,99)(H,81,100)(H,82,91)(H,83,92)(H,84,93)(H,85,101)(H,106,107)/t49-,53+,54?,55?,56?,65?,66?,67?,68?,69?,70?,71?,72?,73?,74?/m1/s1. The number of unbranched alkanes of at least 4 members (excludes halogenated alkanes) is 6. The molecule has 0 spiro atoms. The van der Waals surface area contributed by atoms with Gasteiger partial charge in [-0.25, -0.2) is 0 Å². The van der Waals surface area contributed by atoms with Crippen LogP contribution in [-0.2, 0) is 104 Å². The van der Waals surface area contributed by atoms with Crippen LogP contribution in [0, 0.1) is 0 Å². The van der Waals surface area contributed by atoms with E-state index in [2.05, 4.69) is 58.5 Å². The summed E-state index contributed by atoms with van der Waals surface area (Å²) >= 11 is 0. The second-order valence-electron chi connectivity index (χ2n) is 29.0. The number of rotatable bonds is 69. The monoisotopic (exact) mass is 1720 g/mol. The van der Waals surface area contributed by atoms with E-state index in [1.54, 1.807) is 0 Å². The molecule has 2 fully saturated rings. The Morgan fingerprint density at radius 2 is 0.780 bits per heavy atom. The van der Waals surface area contributed by atoms with Gasteiger partial charge in [0.25, 0.3) is 0 Å². The molecule has 13 unspecified atom stereocenters. The van der Waals surface area contributed by atoms with Crippen LogP contribution in [-0.4, -0.2) is 352 Å². The van der Waals surface area contributed by atoms with Crippen LogP contribution in [0.2, 0.25) is 0 Å². The summed E-state index contributed by atoms with van der Waals surface area (Å²) in [7, 11) is -3.58. The predicted molar refractivity (Wildman–Crippen MR) is 418 cm³/mol. The van der Waals surface area contributed by atoms with Crippen LogP contribution in [0.3, 0.4) is 0 Å². The fourth-order valence-electron chi connectivity index (χ4n) is 11.8. The SMILES string of the molecule is CC(=O)NC1C(OCCCCC(=O)NCCCNC(=O)CCOCC(COCCC(=O)NCCCNC(=O)CCCCOC2OC(CO)C(O)C(O)C2NC(C)=O)(COCCC(=O)NCCCNC(=O)CCCCOC(OC(CO)[C@@H](C)O)[C@H](CO)NC(C)=O)NC(=O)CCCC(=O)NCCCCCCOP(C)(=O)O)OC(CO)C(O)C1O. The number of aliphatic hydroxyl groups excluding tert-OH is 9. The lowest BCUT2D eigenvalue weighted by Gasteiger charge is -2.42. The molecule has 11 amide bonds. The summed E-state index contributed by atoms with van der Waals surface area (Å²) in [4.78, 5) is 149. The Labute approximate surface area is 689 Å². The molecule has 0 aromatic carbocycles. The molecule has 0 saturated carbocycles. The third-order valence-electron chi connectivity index (χ3n) is 18.2. The van der Waals surface area contributed by atoms with Crippen molar-refractivity contribution in [1.82, 2.24) is 58.5 Å². The molecule has 43 nitrogen and oxygen atoms in total. The van der Waals surface area contributed by atoms with Crippen molar-refractivity contribution in [3.8, 4) is 0 Å². The average Bonchev–Trinajstić information content (AvgIpc) is 0.793. The van der Waals surface area contributed by atoms with E-state index < -0.39 is 167 Å². The van der Waals surface area contributed by atoms with E-state index in [-0.39, 0.29) is 187 Å². The second kappa shape index (κ2) is 63.5. The Hall–Kier alpha value is -6.40. The van der Waals surface area contributed by atoms with Crippen LogP contribution < -0.4 is 58.5 Å². The molecule has 0 radical (unpaired) electrons. The van der Waals surface area contributed by atoms with Crippen molar-refractivity contribution in [1.29, 1.82) is 0 Å². The van der Waals surface area contributed by atoms with E-state index >= 15 is 0 Å². The molecule has 0 aromatic heterocycles. The highest BCUT2D eigenvalue weighted by atomic mass is 31.2. The van der Waals surface area contributed by atoms with Crippen LogP contribution in [0.15, 0.2) is 0 Å². The number of hydrogen-bond donors (Lipinski definition) is 21. The van der Waals surface area contributed by atoms with Gasteiger partial charge in [0.05, 0.1) is 78.8 Å². The second-order valence-corrected chi connectivity index (χ2v) is 30.8. The van der Waals surface area contributed by atoms with Gasteiger partial charge in [0.15, 0.2) is 18.9 Å². The van der Waals surface area contributed by atoms with Gasteiger partial charge in [0.2, 0.25) is 65.0 Å². The molecule has 0 aromatic rings. The molecule has 2 aliphatic rings. The summed E-state index contributed by atoms with van der Waals surface area (Å²) < 4.78 is 68.3. The van der Waals surface area contributed by atoms with E-state index in [0.717, 1.165) is 13.1 Å². The van der Waals surface area contributed by atoms with Gasteiger partial charge in [0.1, 0.15) is 66.4 Å². The zero-order valence-electron chi connectivity index (χ0n) is 68.9. The number of ether oxygens (including phenoxy) is 9. The maximum absolute atomic E-state index is 13.9. The summed E-state index contributed by atoms with van der Waals surface area (Å²) in [5.74, 6) is -4.40. The Morgan fingerprint density at radius 1 is 0.424 bits per heavy atom. The number of carbonyl (C=O) groups is 11. The number of aliphatic hydroxyl groups is 9. The lowest BCUT2D eigenvalue weighted by Crippen LogP contribution is -2.64. The van der Waals surface area contributed by atoms with Gasteiger partial charge in [0, 0.05) is 144 Å². The lowest BCUT2D eigenvalue weighted by molar-refractivity contribution is -0.270. The van der Waals surface area contributed by atoms with Crippen LogP contribution in [0.5, 0.6) is 0 Å². The van der Waals surface area contributed by atoms with E-state index in [4.69, 9.17) is 47.2 Å². The minimum atomic E-state index is -3.58. The quantitative estimate of drug-likeness (QED) is 0.0154. The van der Waals surface area contributed by atoms with Gasteiger partial charge in [-0.3, -0.25) is 57.3 Å².